The van der Waals surface area contributed by atoms with E-state index in [1.54, 1.807) is 18.2 Å². The van der Waals surface area contributed by atoms with E-state index in [-0.39, 0.29) is 18.9 Å². The highest BCUT2D eigenvalue weighted by atomic mass is 32.2. The van der Waals surface area contributed by atoms with Gasteiger partial charge in [-0.2, -0.15) is 0 Å². The summed E-state index contributed by atoms with van der Waals surface area (Å²) in [4.78, 5) is 24.7. The van der Waals surface area contributed by atoms with Gasteiger partial charge in [-0.05, 0) is 23.8 Å². The van der Waals surface area contributed by atoms with Gasteiger partial charge in [-0.15, -0.1) is 0 Å². The molecule has 3 rings (SSSR count). The van der Waals surface area contributed by atoms with Gasteiger partial charge in [0.05, 0.1) is 12.0 Å². The van der Waals surface area contributed by atoms with Crippen LogP contribution in [-0.4, -0.2) is 48.0 Å². The van der Waals surface area contributed by atoms with Gasteiger partial charge in [0.25, 0.3) is 5.91 Å². The first-order valence-corrected chi connectivity index (χ1v) is 8.65. The molecule has 132 valence electrons. The van der Waals surface area contributed by atoms with Gasteiger partial charge >= 0.3 is 0 Å². The topological polar surface area (TPSA) is 88.1 Å². The molecule has 0 aromatic heterocycles. The average Bonchev–Trinajstić information content (AvgIpc) is 2.85. The number of nitrogens with zero attached hydrogens (tertiary/aromatic N) is 1. The lowest BCUT2D eigenvalue weighted by atomic mass is 10.1. The van der Waals surface area contributed by atoms with Crippen molar-refractivity contribution in [3.8, 4) is 17.2 Å². The molecule has 25 heavy (non-hydrogen) atoms. The molecule has 1 saturated heterocycles. The Kier molecular flexibility index (Phi) is 5.14. The van der Waals surface area contributed by atoms with E-state index in [1.165, 1.54) is 12.0 Å². The summed E-state index contributed by atoms with van der Waals surface area (Å²) in [6.45, 7) is 0.875. The second kappa shape index (κ2) is 7.32. The lowest BCUT2D eigenvalue weighted by molar-refractivity contribution is -0.305. The van der Waals surface area contributed by atoms with Crippen LogP contribution in [0.2, 0.25) is 0 Å². The van der Waals surface area contributed by atoms with Crippen LogP contribution in [0.4, 0.5) is 0 Å². The number of carboxylic acids is 1. The van der Waals surface area contributed by atoms with Crippen molar-refractivity contribution in [3.63, 3.8) is 0 Å². The van der Waals surface area contributed by atoms with Gasteiger partial charge in [0, 0.05) is 18.9 Å². The lowest BCUT2D eigenvalue weighted by Gasteiger charge is -2.21. The lowest BCUT2D eigenvalue weighted by Crippen LogP contribution is -2.33. The van der Waals surface area contributed by atoms with Crippen molar-refractivity contribution in [1.29, 1.82) is 0 Å². The molecule has 1 aromatic rings. The van der Waals surface area contributed by atoms with Crippen LogP contribution in [0, 0.1) is 0 Å². The van der Waals surface area contributed by atoms with Crippen molar-refractivity contribution in [2.75, 3.05) is 26.9 Å². The minimum Gasteiger partial charge on any atom is -0.550 e. The van der Waals surface area contributed by atoms with Crippen molar-refractivity contribution in [2.45, 2.75) is 6.42 Å². The Morgan fingerprint density at radius 2 is 2.20 bits per heavy atom. The maximum absolute atomic E-state index is 12.4. The molecule has 0 atom stereocenters. The number of carbonyl (C=O) groups excluding carboxylic acids is 2. The van der Waals surface area contributed by atoms with Crippen molar-refractivity contribution >= 4 is 46.3 Å². The number of methoxy groups -OCH3 is 1. The van der Waals surface area contributed by atoms with Gasteiger partial charge in [0.15, 0.2) is 11.5 Å². The maximum atomic E-state index is 12.4. The molecule has 0 spiro atoms. The summed E-state index contributed by atoms with van der Waals surface area (Å²) in [5, 5.41) is 10.6. The van der Waals surface area contributed by atoms with Crippen LogP contribution in [0.1, 0.15) is 12.0 Å². The van der Waals surface area contributed by atoms with Crippen LogP contribution >= 0.6 is 24.0 Å². The highest BCUT2D eigenvalue weighted by Gasteiger charge is 2.31. The molecule has 1 fully saturated rings. The number of thiocarbonyl (C=S) groups is 1. The fraction of sp³-hybridized carbons (Fsp3) is 0.312. The number of rotatable bonds is 5. The SMILES string of the molecule is COc1cc(/C=C2\SC(=S)N(CCC(=O)[O-])C2=O)cc2c1OCCO2. The summed E-state index contributed by atoms with van der Waals surface area (Å²) in [5.74, 6) is 0.0345. The van der Waals surface area contributed by atoms with Crippen LogP contribution in [0.3, 0.4) is 0 Å². The molecule has 0 radical (unpaired) electrons. The van der Waals surface area contributed by atoms with Crippen LogP contribution in [0.5, 0.6) is 17.2 Å². The molecule has 2 aliphatic rings. The smallest absolute Gasteiger partial charge is 0.266 e. The third kappa shape index (κ3) is 3.72. The molecular formula is C16H14NO6S2-. The van der Waals surface area contributed by atoms with E-state index in [1.807, 2.05) is 0 Å². The van der Waals surface area contributed by atoms with Gasteiger partial charge in [0.1, 0.15) is 17.5 Å². The van der Waals surface area contributed by atoms with E-state index in [4.69, 9.17) is 26.4 Å². The molecule has 0 aliphatic carbocycles. The van der Waals surface area contributed by atoms with E-state index in [2.05, 4.69) is 0 Å². The fourth-order valence-electron chi connectivity index (χ4n) is 2.42. The van der Waals surface area contributed by atoms with Gasteiger partial charge in [0.2, 0.25) is 5.75 Å². The number of carbonyl (C=O) groups is 2. The minimum atomic E-state index is -1.23. The van der Waals surface area contributed by atoms with Crippen LogP contribution in [0.15, 0.2) is 17.0 Å². The summed E-state index contributed by atoms with van der Waals surface area (Å²) in [5.41, 5.74) is 0.696. The van der Waals surface area contributed by atoms with E-state index < -0.39 is 5.97 Å². The quantitative estimate of drug-likeness (QED) is 0.548. The normalized spacial score (nSPS) is 18.0. The molecular weight excluding hydrogens is 366 g/mol. The molecule has 0 saturated carbocycles. The second-order valence-electron chi connectivity index (χ2n) is 5.20. The Bertz CT molecular complexity index is 759. The first kappa shape index (κ1) is 17.6. The summed E-state index contributed by atoms with van der Waals surface area (Å²) in [6, 6.07) is 3.49. The molecule has 7 nitrogen and oxygen atoms in total. The summed E-state index contributed by atoms with van der Waals surface area (Å²) < 4.78 is 16.8. The van der Waals surface area contributed by atoms with Gasteiger partial charge in [-0.25, -0.2) is 0 Å². The number of fused-ring (bicyclic) bond motifs is 1. The highest BCUT2D eigenvalue weighted by molar-refractivity contribution is 8.26. The molecule has 0 bridgehead atoms. The molecule has 1 aromatic carbocycles. The zero-order valence-electron chi connectivity index (χ0n) is 13.3. The number of ether oxygens (including phenoxy) is 3. The molecule has 2 heterocycles. The van der Waals surface area contributed by atoms with Gasteiger partial charge < -0.3 is 24.1 Å². The molecule has 0 unspecified atom stereocenters. The molecule has 9 heteroatoms. The Balaban J connectivity index is 1.87. The Morgan fingerprint density at radius 3 is 2.92 bits per heavy atom. The number of thioether (sulfide) groups is 1. The monoisotopic (exact) mass is 380 g/mol. The first-order chi connectivity index (χ1) is 12.0. The Morgan fingerprint density at radius 1 is 1.44 bits per heavy atom. The fourth-order valence-corrected chi connectivity index (χ4v) is 3.73. The van der Waals surface area contributed by atoms with Crippen molar-refractivity contribution in [1.82, 2.24) is 4.90 Å². The van der Waals surface area contributed by atoms with Crippen LogP contribution < -0.4 is 19.3 Å². The average molecular weight is 380 g/mol. The number of carboxylic acid groups (broad SMARTS) is 1. The zero-order chi connectivity index (χ0) is 18.0. The van der Waals surface area contributed by atoms with Crippen molar-refractivity contribution in [3.05, 3.63) is 22.6 Å². The molecule has 0 N–H and O–H groups in total. The maximum Gasteiger partial charge on any atom is 0.266 e. The Labute approximate surface area is 153 Å². The number of aliphatic carboxylic acids is 1. The standard InChI is InChI=1S/C16H15NO6S2/c1-21-10-6-9(7-11-14(10)23-5-4-22-11)8-12-15(20)17(16(24)25-12)3-2-13(18)19/h6-8H,2-5H2,1H3,(H,18,19)/p-1/b12-8-. The number of amides is 1. The minimum absolute atomic E-state index is 0.00516. The number of hydrogen-bond acceptors (Lipinski definition) is 8. The van der Waals surface area contributed by atoms with Crippen molar-refractivity contribution < 1.29 is 28.9 Å². The largest absolute Gasteiger partial charge is 0.550 e. The van der Waals surface area contributed by atoms with Gasteiger partial charge in [-0.3, -0.25) is 9.69 Å². The number of hydrogen-bond donors (Lipinski definition) is 0. The molecule has 1 amide bonds. The third-order valence-electron chi connectivity index (χ3n) is 3.56. The summed E-state index contributed by atoms with van der Waals surface area (Å²) in [6.07, 6.45) is 1.40. The van der Waals surface area contributed by atoms with Gasteiger partial charge in [-0.1, -0.05) is 24.0 Å². The number of benzene rings is 1. The van der Waals surface area contributed by atoms with E-state index in [0.717, 1.165) is 11.8 Å². The first-order valence-electron chi connectivity index (χ1n) is 7.42. The highest BCUT2D eigenvalue weighted by Crippen LogP contribution is 2.42. The van der Waals surface area contributed by atoms with Crippen LogP contribution in [-0.2, 0) is 9.59 Å². The van der Waals surface area contributed by atoms with Crippen molar-refractivity contribution in [2.24, 2.45) is 0 Å². The Hall–Kier alpha value is -2.26. The third-order valence-corrected chi connectivity index (χ3v) is 4.94. The predicted octanol–water partition coefficient (Wildman–Crippen LogP) is 0.808. The summed E-state index contributed by atoms with van der Waals surface area (Å²) in [7, 11) is 1.52. The van der Waals surface area contributed by atoms with E-state index in [9.17, 15) is 14.7 Å². The zero-order valence-corrected chi connectivity index (χ0v) is 14.9. The van der Waals surface area contributed by atoms with E-state index >= 15 is 0 Å². The summed E-state index contributed by atoms with van der Waals surface area (Å²) >= 11 is 6.28. The molecule has 2 aliphatic heterocycles. The van der Waals surface area contributed by atoms with E-state index in [0.29, 0.717) is 45.3 Å². The second-order valence-corrected chi connectivity index (χ2v) is 6.88. The van der Waals surface area contributed by atoms with Crippen LogP contribution in [0.25, 0.3) is 6.08 Å². The predicted molar refractivity (Wildman–Crippen MR) is 93.5 cm³/mol.